The second kappa shape index (κ2) is 5.61. The highest BCUT2D eigenvalue weighted by Crippen LogP contribution is 2.28. The number of aryl methyl sites for hydroxylation is 1. The number of nitrogens with zero attached hydrogens (tertiary/aromatic N) is 2. The molecule has 0 amide bonds. The van der Waals surface area contributed by atoms with Crippen molar-refractivity contribution in [1.82, 2.24) is 20.1 Å². The van der Waals surface area contributed by atoms with Gasteiger partial charge in [-0.3, -0.25) is 10.00 Å². The number of aromatic nitrogens is 3. The topological polar surface area (TPSA) is 47.7 Å². The number of hydrogen-bond acceptors (Lipinski definition) is 2. The van der Waals surface area contributed by atoms with Crippen LogP contribution in [0.2, 0.25) is 0 Å². The number of aromatic amines is 2. The van der Waals surface area contributed by atoms with Crippen LogP contribution in [0.5, 0.6) is 0 Å². The average molecular weight is 294 g/mol. The molecule has 0 saturated carbocycles. The molecule has 22 heavy (non-hydrogen) atoms. The van der Waals surface area contributed by atoms with Gasteiger partial charge in [0.15, 0.2) is 0 Å². The predicted molar refractivity (Wildman–Crippen MR) is 88.9 cm³/mol. The van der Waals surface area contributed by atoms with Crippen molar-refractivity contribution in [1.29, 1.82) is 0 Å². The van der Waals surface area contributed by atoms with Crippen LogP contribution in [-0.2, 0) is 6.54 Å². The third-order valence-electron chi connectivity index (χ3n) is 4.81. The summed E-state index contributed by atoms with van der Waals surface area (Å²) in [5, 5.41) is 8.67. The molecule has 1 aliphatic rings. The van der Waals surface area contributed by atoms with E-state index in [-0.39, 0.29) is 0 Å². The van der Waals surface area contributed by atoms with Gasteiger partial charge in [0.05, 0.1) is 6.20 Å². The molecular weight excluding hydrogens is 272 g/mol. The monoisotopic (exact) mass is 294 g/mol. The number of hydrogen-bond donors (Lipinski definition) is 2. The molecule has 0 aliphatic carbocycles. The van der Waals surface area contributed by atoms with Crippen LogP contribution in [0, 0.1) is 6.92 Å². The smallest absolute Gasteiger partial charge is 0.0519 e. The average Bonchev–Trinajstić information content (AvgIpc) is 3.15. The first-order chi connectivity index (χ1) is 10.8. The molecule has 1 fully saturated rings. The summed E-state index contributed by atoms with van der Waals surface area (Å²) in [5.41, 5.74) is 5.23. The van der Waals surface area contributed by atoms with Crippen molar-refractivity contribution in [2.24, 2.45) is 0 Å². The standard InChI is InChI=1S/C18H22N4/c1-13-10-20-21-18(13)16-3-2-8-22(12-16)11-14-4-5-15-6-7-19-17(15)9-14/h4-7,9-10,16,19H,2-3,8,11-12H2,1H3,(H,20,21). The number of nitrogens with one attached hydrogen (secondary N) is 2. The van der Waals surface area contributed by atoms with Gasteiger partial charge in [0.25, 0.3) is 0 Å². The second-order valence-electron chi connectivity index (χ2n) is 6.44. The minimum Gasteiger partial charge on any atom is -0.361 e. The summed E-state index contributed by atoms with van der Waals surface area (Å²) in [4.78, 5) is 5.87. The molecular formula is C18H22N4. The van der Waals surface area contributed by atoms with E-state index in [0.717, 1.165) is 13.1 Å². The van der Waals surface area contributed by atoms with Gasteiger partial charge < -0.3 is 4.98 Å². The molecule has 3 heterocycles. The van der Waals surface area contributed by atoms with Gasteiger partial charge in [0.1, 0.15) is 0 Å². The zero-order valence-corrected chi connectivity index (χ0v) is 13.0. The first kappa shape index (κ1) is 13.6. The van der Waals surface area contributed by atoms with Crippen LogP contribution in [0.15, 0.2) is 36.7 Å². The fourth-order valence-corrected chi connectivity index (χ4v) is 3.66. The van der Waals surface area contributed by atoms with Crippen molar-refractivity contribution in [3.05, 3.63) is 53.5 Å². The Morgan fingerprint density at radius 2 is 2.27 bits per heavy atom. The highest BCUT2D eigenvalue weighted by atomic mass is 15.1. The van der Waals surface area contributed by atoms with E-state index in [0.29, 0.717) is 5.92 Å². The molecule has 1 unspecified atom stereocenters. The maximum absolute atomic E-state index is 4.19. The fraction of sp³-hybridized carbons (Fsp3) is 0.389. The Morgan fingerprint density at radius 3 is 3.14 bits per heavy atom. The molecule has 0 bridgehead atoms. The van der Waals surface area contributed by atoms with Gasteiger partial charge in [-0.15, -0.1) is 0 Å². The Kier molecular flexibility index (Phi) is 3.47. The Labute approximate surface area is 130 Å². The summed E-state index contributed by atoms with van der Waals surface area (Å²) in [6.45, 7) is 5.48. The Bertz CT molecular complexity index is 770. The fourth-order valence-electron chi connectivity index (χ4n) is 3.66. The van der Waals surface area contributed by atoms with E-state index in [1.807, 2.05) is 12.4 Å². The summed E-state index contributed by atoms with van der Waals surface area (Å²) in [7, 11) is 0. The van der Waals surface area contributed by atoms with E-state index in [4.69, 9.17) is 0 Å². The van der Waals surface area contributed by atoms with Gasteiger partial charge in [-0.1, -0.05) is 12.1 Å². The van der Waals surface area contributed by atoms with E-state index in [1.165, 1.54) is 47.1 Å². The van der Waals surface area contributed by atoms with Crippen molar-refractivity contribution < 1.29 is 0 Å². The highest BCUT2D eigenvalue weighted by Gasteiger charge is 2.23. The number of H-pyrrole nitrogens is 2. The minimum absolute atomic E-state index is 0.588. The second-order valence-corrected chi connectivity index (χ2v) is 6.44. The minimum atomic E-state index is 0.588. The van der Waals surface area contributed by atoms with Gasteiger partial charge in [0, 0.05) is 36.4 Å². The molecule has 1 saturated heterocycles. The lowest BCUT2D eigenvalue weighted by molar-refractivity contribution is 0.198. The number of rotatable bonds is 3. The molecule has 1 atom stereocenters. The summed E-state index contributed by atoms with van der Waals surface area (Å²) in [6, 6.07) is 8.86. The lowest BCUT2D eigenvalue weighted by atomic mass is 9.92. The van der Waals surface area contributed by atoms with Crippen LogP contribution in [-0.4, -0.2) is 33.2 Å². The number of benzene rings is 1. The van der Waals surface area contributed by atoms with Gasteiger partial charge in [-0.2, -0.15) is 5.10 Å². The van der Waals surface area contributed by atoms with Crippen LogP contribution in [0.1, 0.15) is 35.6 Å². The normalized spacial score (nSPS) is 19.8. The Balaban J connectivity index is 1.49. The zero-order valence-electron chi connectivity index (χ0n) is 13.0. The van der Waals surface area contributed by atoms with Crippen LogP contribution < -0.4 is 0 Å². The van der Waals surface area contributed by atoms with Gasteiger partial charge in [-0.25, -0.2) is 0 Å². The van der Waals surface area contributed by atoms with Crippen LogP contribution in [0.4, 0.5) is 0 Å². The third kappa shape index (κ3) is 2.55. The summed E-state index contributed by atoms with van der Waals surface area (Å²) in [6.07, 6.45) is 6.46. The zero-order chi connectivity index (χ0) is 14.9. The van der Waals surface area contributed by atoms with E-state index >= 15 is 0 Å². The van der Waals surface area contributed by atoms with E-state index in [9.17, 15) is 0 Å². The molecule has 2 aromatic heterocycles. The number of likely N-dealkylation sites (tertiary alicyclic amines) is 1. The third-order valence-corrected chi connectivity index (χ3v) is 4.81. The van der Waals surface area contributed by atoms with E-state index < -0.39 is 0 Å². The molecule has 4 heteroatoms. The van der Waals surface area contributed by atoms with Crippen molar-refractivity contribution in [2.75, 3.05) is 13.1 Å². The lowest BCUT2D eigenvalue weighted by Gasteiger charge is -2.32. The van der Waals surface area contributed by atoms with Crippen molar-refractivity contribution in [3.8, 4) is 0 Å². The SMILES string of the molecule is Cc1cn[nH]c1C1CCCN(Cc2ccc3cc[nH]c3c2)C1. The summed E-state index contributed by atoms with van der Waals surface area (Å²) >= 11 is 0. The Hall–Kier alpha value is -2.07. The van der Waals surface area contributed by atoms with Gasteiger partial charge >= 0.3 is 0 Å². The molecule has 1 aliphatic heterocycles. The molecule has 2 N–H and O–H groups in total. The van der Waals surface area contributed by atoms with Crippen molar-refractivity contribution >= 4 is 10.9 Å². The number of piperidine rings is 1. The molecule has 0 radical (unpaired) electrons. The first-order valence-electron chi connectivity index (χ1n) is 8.08. The van der Waals surface area contributed by atoms with Gasteiger partial charge in [0.2, 0.25) is 0 Å². The summed E-state index contributed by atoms with van der Waals surface area (Å²) < 4.78 is 0. The van der Waals surface area contributed by atoms with Gasteiger partial charge in [-0.05, 0) is 55.0 Å². The molecule has 3 aromatic rings. The van der Waals surface area contributed by atoms with E-state index in [1.54, 1.807) is 0 Å². The van der Waals surface area contributed by atoms with Crippen molar-refractivity contribution in [3.63, 3.8) is 0 Å². The van der Waals surface area contributed by atoms with Crippen LogP contribution >= 0.6 is 0 Å². The first-order valence-corrected chi connectivity index (χ1v) is 8.08. The maximum Gasteiger partial charge on any atom is 0.0519 e. The molecule has 4 nitrogen and oxygen atoms in total. The number of fused-ring (bicyclic) bond motifs is 1. The Morgan fingerprint density at radius 1 is 1.32 bits per heavy atom. The molecule has 0 spiro atoms. The largest absolute Gasteiger partial charge is 0.361 e. The van der Waals surface area contributed by atoms with Crippen LogP contribution in [0.3, 0.4) is 0 Å². The maximum atomic E-state index is 4.19. The quantitative estimate of drug-likeness (QED) is 0.775. The van der Waals surface area contributed by atoms with Crippen LogP contribution in [0.25, 0.3) is 10.9 Å². The summed E-state index contributed by atoms with van der Waals surface area (Å²) in [5.74, 6) is 0.588. The molecule has 1 aromatic carbocycles. The highest BCUT2D eigenvalue weighted by molar-refractivity contribution is 5.79. The molecule has 114 valence electrons. The molecule has 4 rings (SSSR count). The van der Waals surface area contributed by atoms with Crippen molar-refractivity contribution in [2.45, 2.75) is 32.2 Å². The lowest BCUT2D eigenvalue weighted by Crippen LogP contribution is -2.34. The van der Waals surface area contributed by atoms with E-state index in [2.05, 4.69) is 51.3 Å². The predicted octanol–water partition coefficient (Wildman–Crippen LogP) is 3.58.